The van der Waals surface area contributed by atoms with Gasteiger partial charge in [0.1, 0.15) is 0 Å². The maximum absolute atomic E-state index is 10.5. The van der Waals surface area contributed by atoms with Crippen molar-refractivity contribution >= 4 is 17.6 Å². The molecule has 0 heterocycles. The van der Waals surface area contributed by atoms with E-state index in [0.717, 1.165) is 0 Å². The van der Waals surface area contributed by atoms with Crippen LogP contribution >= 0.6 is 0 Å². The number of ether oxygens (including phenoxy) is 1. The lowest BCUT2D eigenvalue weighted by molar-refractivity contribution is -0.140. The highest BCUT2D eigenvalue weighted by atomic mass is 16.5. The molecule has 0 unspecified atom stereocenters. The lowest BCUT2D eigenvalue weighted by Crippen LogP contribution is -2.10. The topological polar surface area (TPSA) is 95.4 Å². The Morgan fingerprint density at radius 1 is 1.25 bits per heavy atom. The van der Waals surface area contributed by atoms with E-state index >= 15 is 0 Å². The first-order chi connectivity index (χ1) is 7.47. The molecule has 1 aromatic carbocycles. The SMILES string of the molecule is CCOC(C)=O.NC(=O)c1ccc(N)cc1. The first-order valence-electron chi connectivity index (χ1n) is 4.76. The molecule has 0 bridgehead atoms. The number of hydrogen-bond acceptors (Lipinski definition) is 4. The summed E-state index contributed by atoms with van der Waals surface area (Å²) in [6.07, 6.45) is 0. The fourth-order valence-electron chi connectivity index (χ4n) is 0.851. The Labute approximate surface area is 94.4 Å². The molecule has 0 aliphatic rings. The molecule has 0 aliphatic heterocycles. The minimum absolute atomic E-state index is 0.211. The molecule has 0 atom stereocenters. The third-order valence-corrected chi connectivity index (χ3v) is 1.54. The molecule has 1 amide bonds. The number of nitrogens with two attached hydrogens (primary N) is 2. The lowest BCUT2D eigenvalue weighted by Gasteiger charge is -1.93. The molecular weight excluding hydrogens is 208 g/mol. The van der Waals surface area contributed by atoms with Crippen molar-refractivity contribution in [1.29, 1.82) is 0 Å². The van der Waals surface area contributed by atoms with Crippen LogP contribution < -0.4 is 11.5 Å². The summed E-state index contributed by atoms with van der Waals surface area (Å²) in [5.41, 5.74) is 11.5. The van der Waals surface area contributed by atoms with Crippen molar-refractivity contribution in [2.75, 3.05) is 12.3 Å². The third-order valence-electron chi connectivity index (χ3n) is 1.54. The van der Waals surface area contributed by atoms with Crippen LogP contribution in [0.3, 0.4) is 0 Å². The van der Waals surface area contributed by atoms with Gasteiger partial charge in [0.05, 0.1) is 6.61 Å². The second-order valence-corrected chi connectivity index (χ2v) is 2.91. The Balaban J connectivity index is 0.000000325. The van der Waals surface area contributed by atoms with Gasteiger partial charge in [-0.25, -0.2) is 0 Å². The molecule has 0 aliphatic carbocycles. The Morgan fingerprint density at radius 3 is 2.00 bits per heavy atom. The van der Waals surface area contributed by atoms with E-state index in [0.29, 0.717) is 17.9 Å². The molecule has 0 radical (unpaired) electrons. The number of nitrogen functional groups attached to an aromatic ring is 1. The minimum Gasteiger partial charge on any atom is -0.466 e. The summed E-state index contributed by atoms with van der Waals surface area (Å²) in [6.45, 7) is 3.65. The maximum Gasteiger partial charge on any atom is 0.302 e. The van der Waals surface area contributed by atoms with Gasteiger partial charge in [-0.3, -0.25) is 9.59 Å². The number of carbonyl (C=O) groups excluding carboxylic acids is 2. The van der Waals surface area contributed by atoms with Gasteiger partial charge in [-0.05, 0) is 31.2 Å². The van der Waals surface area contributed by atoms with E-state index in [9.17, 15) is 9.59 Å². The van der Waals surface area contributed by atoms with Gasteiger partial charge < -0.3 is 16.2 Å². The standard InChI is InChI=1S/C7H8N2O.C4H8O2/c8-6-3-1-5(2-4-6)7(9)10;1-3-6-4(2)5/h1-4H,8H2,(H2,9,10);3H2,1-2H3. The predicted octanol–water partition coefficient (Wildman–Crippen LogP) is 0.937. The highest BCUT2D eigenvalue weighted by molar-refractivity contribution is 5.92. The normalized spacial score (nSPS) is 8.62. The highest BCUT2D eigenvalue weighted by Gasteiger charge is 1.96. The van der Waals surface area contributed by atoms with Crippen LogP contribution in [0.2, 0.25) is 0 Å². The zero-order valence-electron chi connectivity index (χ0n) is 9.40. The second kappa shape index (κ2) is 7.28. The van der Waals surface area contributed by atoms with E-state index in [1.54, 1.807) is 31.2 Å². The molecule has 16 heavy (non-hydrogen) atoms. The van der Waals surface area contributed by atoms with Gasteiger partial charge in [-0.2, -0.15) is 0 Å². The summed E-state index contributed by atoms with van der Waals surface area (Å²) < 4.78 is 4.40. The molecule has 5 nitrogen and oxygen atoms in total. The average Bonchev–Trinajstić information content (AvgIpc) is 2.19. The zero-order chi connectivity index (χ0) is 12.6. The fraction of sp³-hybridized carbons (Fsp3) is 0.273. The largest absolute Gasteiger partial charge is 0.466 e. The molecule has 0 fully saturated rings. The molecule has 88 valence electrons. The second-order valence-electron chi connectivity index (χ2n) is 2.91. The zero-order valence-corrected chi connectivity index (χ0v) is 9.40. The summed E-state index contributed by atoms with van der Waals surface area (Å²) in [6, 6.07) is 6.47. The van der Waals surface area contributed by atoms with Gasteiger partial charge in [0, 0.05) is 18.2 Å². The number of rotatable bonds is 2. The van der Waals surface area contributed by atoms with Crippen LogP contribution in [0.4, 0.5) is 5.69 Å². The van der Waals surface area contributed by atoms with Gasteiger partial charge in [-0.1, -0.05) is 0 Å². The van der Waals surface area contributed by atoms with E-state index in [-0.39, 0.29) is 5.97 Å². The van der Waals surface area contributed by atoms with Gasteiger partial charge in [0.15, 0.2) is 0 Å². The van der Waals surface area contributed by atoms with Crippen molar-refractivity contribution in [3.05, 3.63) is 29.8 Å². The summed E-state index contributed by atoms with van der Waals surface area (Å²) >= 11 is 0. The smallest absolute Gasteiger partial charge is 0.302 e. The Kier molecular flexibility index (Phi) is 6.35. The monoisotopic (exact) mass is 224 g/mol. The predicted molar refractivity (Wildman–Crippen MR) is 61.7 cm³/mol. The molecule has 4 N–H and O–H groups in total. The lowest BCUT2D eigenvalue weighted by atomic mass is 10.2. The molecule has 0 aromatic heterocycles. The molecule has 5 heteroatoms. The van der Waals surface area contributed by atoms with Gasteiger partial charge in [0.25, 0.3) is 0 Å². The van der Waals surface area contributed by atoms with Crippen molar-refractivity contribution < 1.29 is 14.3 Å². The Bertz CT molecular complexity index is 347. The van der Waals surface area contributed by atoms with E-state index in [2.05, 4.69) is 4.74 Å². The minimum atomic E-state index is -0.431. The van der Waals surface area contributed by atoms with Crippen LogP contribution in [0.5, 0.6) is 0 Å². The molecule has 0 spiro atoms. The van der Waals surface area contributed by atoms with Crippen molar-refractivity contribution in [3.63, 3.8) is 0 Å². The van der Waals surface area contributed by atoms with Crippen LogP contribution in [0.1, 0.15) is 24.2 Å². The van der Waals surface area contributed by atoms with E-state index in [1.807, 2.05) is 0 Å². The Morgan fingerprint density at radius 2 is 1.75 bits per heavy atom. The molecular formula is C11H16N2O3. The number of primary amides is 1. The van der Waals surface area contributed by atoms with Crippen molar-refractivity contribution in [2.45, 2.75) is 13.8 Å². The van der Waals surface area contributed by atoms with Crippen molar-refractivity contribution in [3.8, 4) is 0 Å². The summed E-state index contributed by atoms with van der Waals surface area (Å²) in [5.74, 6) is -0.641. The maximum atomic E-state index is 10.5. The first kappa shape index (κ1) is 14.0. The van der Waals surface area contributed by atoms with Crippen molar-refractivity contribution in [2.24, 2.45) is 5.73 Å². The highest BCUT2D eigenvalue weighted by Crippen LogP contribution is 2.03. The van der Waals surface area contributed by atoms with Gasteiger partial charge in [0.2, 0.25) is 5.91 Å². The van der Waals surface area contributed by atoms with Crippen LogP contribution in [0, 0.1) is 0 Å². The summed E-state index contributed by atoms with van der Waals surface area (Å²) in [5, 5.41) is 0. The van der Waals surface area contributed by atoms with Crippen LogP contribution in [-0.4, -0.2) is 18.5 Å². The van der Waals surface area contributed by atoms with Gasteiger partial charge in [-0.15, -0.1) is 0 Å². The number of benzene rings is 1. The molecule has 1 aromatic rings. The summed E-state index contributed by atoms with van der Waals surface area (Å²) in [4.78, 5) is 20.3. The first-order valence-corrected chi connectivity index (χ1v) is 4.76. The van der Waals surface area contributed by atoms with E-state index < -0.39 is 5.91 Å². The van der Waals surface area contributed by atoms with Crippen LogP contribution in [0.15, 0.2) is 24.3 Å². The number of carbonyl (C=O) groups is 2. The number of amides is 1. The summed E-state index contributed by atoms with van der Waals surface area (Å²) in [7, 11) is 0. The number of hydrogen-bond donors (Lipinski definition) is 2. The number of esters is 1. The molecule has 0 saturated heterocycles. The third kappa shape index (κ3) is 6.42. The quantitative estimate of drug-likeness (QED) is 0.577. The Hall–Kier alpha value is -2.04. The van der Waals surface area contributed by atoms with E-state index in [4.69, 9.17) is 11.5 Å². The van der Waals surface area contributed by atoms with Crippen LogP contribution in [0.25, 0.3) is 0 Å². The van der Waals surface area contributed by atoms with E-state index in [1.165, 1.54) is 6.92 Å². The molecule has 1 rings (SSSR count). The fourth-order valence-corrected chi connectivity index (χ4v) is 0.851. The molecule has 0 saturated carbocycles. The number of anilines is 1. The average molecular weight is 224 g/mol. The van der Waals surface area contributed by atoms with Gasteiger partial charge >= 0.3 is 5.97 Å². The van der Waals surface area contributed by atoms with Crippen LogP contribution in [-0.2, 0) is 9.53 Å². The van der Waals surface area contributed by atoms with Crippen molar-refractivity contribution in [1.82, 2.24) is 0 Å².